The van der Waals surface area contributed by atoms with Crippen LogP contribution in [0.25, 0.3) is 0 Å². The van der Waals surface area contributed by atoms with Crippen LogP contribution in [0.2, 0.25) is 0 Å². The van der Waals surface area contributed by atoms with Crippen LogP contribution in [-0.2, 0) is 4.79 Å². The monoisotopic (exact) mass is 212 g/mol. The largest absolute Gasteiger partial charge is 0.480 e. The number of hydrogen-bond donors (Lipinski definition) is 2. The SMILES string of the molecule is O=C(O)C(CCN1CCCC1)NC1CC1. The van der Waals surface area contributed by atoms with E-state index in [0.717, 1.165) is 38.9 Å². The molecule has 0 spiro atoms. The quantitative estimate of drug-likeness (QED) is 0.680. The van der Waals surface area contributed by atoms with E-state index in [1.807, 2.05) is 0 Å². The smallest absolute Gasteiger partial charge is 0.320 e. The zero-order valence-electron chi connectivity index (χ0n) is 9.11. The summed E-state index contributed by atoms with van der Waals surface area (Å²) in [5.74, 6) is -0.693. The fourth-order valence-electron chi connectivity index (χ4n) is 2.13. The van der Waals surface area contributed by atoms with Crippen molar-refractivity contribution >= 4 is 5.97 Å². The summed E-state index contributed by atoms with van der Waals surface area (Å²) in [7, 11) is 0. The molecule has 2 aliphatic rings. The molecule has 1 aliphatic carbocycles. The van der Waals surface area contributed by atoms with Crippen molar-refractivity contribution in [2.24, 2.45) is 0 Å². The standard InChI is InChI=1S/C11H20N2O2/c14-11(15)10(12-9-3-4-9)5-8-13-6-1-2-7-13/h9-10,12H,1-8H2,(H,14,15). The van der Waals surface area contributed by atoms with Crippen molar-refractivity contribution in [3.05, 3.63) is 0 Å². The summed E-state index contributed by atoms with van der Waals surface area (Å²) in [5.41, 5.74) is 0. The second kappa shape index (κ2) is 4.94. The molecule has 0 aromatic rings. The molecule has 2 rings (SSSR count). The Hall–Kier alpha value is -0.610. The van der Waals surface area contributed by atoms with Crippen LogP contribution < -0.4 is 5.32 Å². The number of carboxylic acid groups (broad SMARTS) is 1. The van der Waals surface area contributed by atoms with Gasteiger partial charge in [-0.3, -0.25) is 4.79 Å². The third kappa shape index (κ3) is 3.47. The molecule has 0 amide bonds. The lowest BCUT2D eigenvalue weighted by Crippen LogP contribution is -2.40. The Labute approximate surface area is 90.6 Å². The van der Waals surface area contributed by atoms with Crippen molar-refractivity contribution in [1.82, 2.24) is 10.2 Å². The summed E-state index contributed by atoms with van der Waals surface area (Å²) >= 11 is 0. The van der Waals surface area contributed by atoms with E-state index in [2.05, 4.69) is 10.2 Å². The van der Waals surface area contributed by atoms with Crippen LogP contribution in [0, 0.1) is 0 Å². The molecule has 1 aliphatic heterocycles. The minimum Gasteiger partial charge on any atom is -0.480 e. The number of nitrogens with one attached hydrogen (secondary N) is 1. The molecule has 4 nitrogen and oxygen atoms in total. The van der Waals surface area contributed by atoms with E-state index in [9.17, 15) is 4.79 Å². The zero-order chi connectivity index (χ0) is 10.7. The van der Waals surface area contributed by atoms with E-state index >= 15 is 0 Å². The third-order valence-electron chi connectivity index (χ3n) is 3.25. The minimum absolute atomic E-state index is 0.335. The highest BCUT2D eigenvalue weighted by atomic mass is 16.4. The third-order valence-corrected chi connectivity index (χ3v) is 3.25. The van der Waals surface area contributed by atoms with Crippen molar-refractivity contribution in [2.45, 2.75) is 44.2 Å². The Bertz CT molecular complexity index is 223. The van der Waals surface area contributed by atoms with Crippen LogP contribution in [0.1, 0.15) is 32.1 Å². The predicted octanol–water partition coefficient (Wildman–Crippen LogP) is 0.677. The van der Waals surface area contributed by atoms with Crippen LogP contribution in [-0.4, -0.2) is 47.7 Å². The highest BCUT2D eigenvalue weighted by molar-refractivity contribution is 5.73. The van der Waals surface area contributed by atoms with Gasteiger partial charge in [-0.1, -0.05) is 0 Å². The van der Waals surface area contributed by atoms with Gasteiger partial charge in [0.25, 0.3) is 0 Å². The van der Waals surface area contributed by atoms with Gasteiger partial charge in [0.1, 0.15) is 6.04 Å². The van der Waals surface area contributed by atoms with Crippen molar-refractivity contribution in [1.29, 1.82) is 0 Å². The Balaban J connectivity index is 1.70. The lowest BCUT2D eigenvalue weighted by Gasteiger charge is -2.19. The van der Waals surface area contributed by atoms with Crippen LogP contribution in [0.3, 0.4) is 0 Å². The lowest BCUT2D eigenvalue weighted by molar-refractivity contribution is -0.139. The fraction of sp³-hybridized carbons (Fsp3) is 0.909. The maximum absolute atomic E-state index is 11.0. The maximum atomic E-state index is 11.0. The van der Waals surface area contributed by atoms with Gasteiger partial charge in [0, 0.05) is 12.6 Å². The molecule has 1 unspecified atom stereocenters. The van der Waals surface area contributed by atoms with E-state index < -0.39 is 5.97 Å². The Morgan fingerprint density at radius 2 is 2.07 bits per heavy atom. The number of rotatable bonds is 6. The molecule has 1 atom stereocenters. The van der Waals surface area contributed by atoms with Crippen LogP contribution in [0.4, 0.5) is 0 Å². The van der Waals surface area contributed by atoms with Gasteiger partial charge in [-0.25, -0.2) is 0 Å². The van der Waals surface area contributed by atoms with E-state index in [0.29, 0.717) is 6.04 Å². The molecule has 0 aromatic heterocycles. The fourth-order valence-corrected chi connectivity index (χ4v) is 2.13. The van der Waals surface area contributed by atoms with Gasteiger partial charge in [0.2, 0.25) is 0 Å². The highest BCUT2D eigenvalue weighted by Gasteiger charge is 2.28. The summed E-state index contributed by atoms with van der Waals surface area (Å²) in [6.07, 6.45) is 5.58. The van der Waals surface area contributed by atoms with Gasteiger partial charge >= 0.3 is 5.97 Å². The van der Waals surface area contributed by atoms with Crippen molar-refractivity contribution in [3.63, 3.8) is 0 Å². The zero-order valence-corrected chi connectivity index (χ0v) is 9.11. The van der Waals surface area contributed by atoms with Crippen molar-refractivity contribution < 1.29 is 9.90 Å². The molecule has 15 heavy (non-hydrogen) atoms. The number of carboxylic acids is 1. The van der Waals surface area contributed by atoms with Gasteiger partial charge in [-0.05, 0) is 45.2 Å². The highest BCUT2D eigenvalue weighted by Crippen LogP contribution is 2.20. The van der Waals surface area contributed by atoms with Crippen molar-refractivity contribution in [2.75, 3.05) is 19.6 Å². The predicted molar refractivity (Wildman–Crippen MR) is 57.9 cm³/mol. The second-order valence-electron chi connectivity index (χ2n) is 4.67. The number of aliphatic carboxylic acids is 1. The van der Waals surface area contributed by atoms with Gasteiger partial charge in [0.05, 0.1) is 0 Å². The van der Waals surface area contributed by atoms with Crippen LogP contribution in [0.15, 0.2) is 0 Å². The molecule has 0 radical (unpaired) electrons. The molecule has 4 heteroatoms. The molecular formula is C11H20N2O2. The molecule has 2 fully saturated rings. The van der Waals surface area contributed by atoms with E-state index in [4.69, 9.17) is 5.11 Å². The summed E-state index contributed by atoms with van der Waals surface area (Å²) in [6, 6.07) is 0.141. The summed E-state index contributed by atoms with van der Waals surface area (Å²) < 4.78 is 0. The summed E-state index contributed by atoms with van der Waals surface area (Å²) in [6.45, 7) is 3.22. The molecule has 1 saturated carbocycles. The van der Waals surface area contributed by atoms with E-state index in [-0.39, 0.29) is 6.04 Å². The maximum Gasteiger partial charge on any atom is 0.320 e. The van der Waals surface area contributed by atoms with Crippen molar-refractivity contribution in [3.8, 4) is 0 Å². The first-order valence-corrected chi connectivity index (χ1v) is 5.97. The molecule has 2 N–H and O–H groups in total. The number of carbonyl (C=O) groups is 1. The molecule has 0 aromatic carbocycles. The van der Waals surface area contributed by atoms with Gasteiger partial charge in [-0.15, -0.1) is 0 Å². The van der Waals surface area contributed by atoms with E-state index in [1.165, 1.54) is 12.8 Å². The first-order chi connectivity index (χ1) is 7.25. The second-order valence-corrected chi connectivity index (χ2v) is 4.67. The Morgan fingerprint density at radius 1 is 1.40 bits per heavy atom. The normalized spacial score (nSPS) is 24.3. The first kappa shape index (κ1) is 10.9. The molecule has 1 saturated heterocycles. The van der Waals surface area contributed by atoms with E-state index in [1.54, 1.807) is 0 Å². The number of hydrogen-bond acceptors (Lipinski definition) is 3. The molecule has 86 valence electrons. The topological polar surface area (TPSA) is 52.6 Å². The van der Waals surface area contributed by atoms with Crippen LogP contribution in [0.5, 0.6) is 0 Å². The lowest BCUT2D eigenvalue weighted by atomic mass is 10.2. The van der Waals surface area contributed by atoms with Gasteiger partial charge < -0.3 is 15.3 Å². The first-order valence-electron chi connectivity index (χ1n) is 5.97. The Kier molecular flexibility index (Phi) is 3.59. The van der Waals surface area contributed by atoms with Crippen LogP contribution >= 0.6 is 0 Å². The average Bonchev–Trinajstić information content (AvgIpc) is 2.87. The Morgan fingerprint density at radius 3 is 2.60 bits per heavy atom. The number of nitrogens with zero attached hydrogens (tertiary/aromatic N) is 1. The summed E-state index contributed by atoms with van der Waals surface area (Å²) in [4.78, 5) is 13.4. The molecule has 1 heterocycles. The van der Waals surface area contributed by atoms with Gasteiger partial charge in [-0.2, -0.15) is 0 Å². The molecular weight excluding hydrogens is 192 g/mol. The molecule has 0 bridgehead atoms. The number of likely N-dealkylation sites (tertiary alicyclic amines) is 1. The minimum atomic E-state index is -0.693. The van der Waals surface area contributed by atoms with Gasteiger partial charge in [0.15, 0.2) is 0 Å². The summed E-state index contributed by atoms with van der Waals surface area (Å²) in [5, 5.41) is 12.2. The average molecular weight is 212 g/mol.